The van der Waals surface area contributed by atoms with Crippen LogP contribution in [-0.2, 0) is 0 Å². The quantitative estimate of drug-likeness (QED) is 0.534. The lowest BCUT2D eigenvalue weighted by Gasteiger charge is -1.95. The molecule has 2 nitrogen and oxygen atoms in total. The van der Waals surface area contributed by atoms with E-state index in [1.807, 2.05) is 19.1 Å². The Labute approximate surface area is 60.3 Å². The Bertz CT molecular complexity index is 235. The molecule has 0 aromatic carbocycles. The fourth-order valence-corrected chi connectivity index (χ4v) is 0.716. The van der Waals surface area contributed by atoms with Crippen LogP contribution in [0.4, 0.5) is 0 Å². The molecular formula is C8H8N2. The van der Waals surface area contributed by atoms with E-state index in [9.17, 15) is 0 Å². The van der Waals surface area contributed by atoms with Crippen LogP contribution in [0.2, 0.25) is 0 Å². The van der Waals surface area contributed by atoms with Crippen molar-refractivity contribution >= 4 is 0 Å². The van der Waals surface area contributed by atoms with Gasteiger partial charge in [-0.05, 0) is 12.1 Å². The molecule has 0 radical (unpaired) electrons. The van der Waals surface area contributed by atoms with Crippen molar-refractivity contribution < 1.29 is 0 Å². The summed E-state index contributed by atoms with van der Waals surface area (Å²) in [7, 11) is 0. The summed E-state index contributed by atoms with van der Waals surface area (Å²) >= 11 is 0. The fraction of sp³-hybridized carbons (Fsp3) is 0.250. The maximum Gasteiger partial charge on any atom is 0.246 e. The molecule has 0 saturated carbocycles. The van der Waals surface area contributed by atoms with Crippen LogP contribution in [0, 0.1) is 6.57 Å². The first-order valence-electron chi connectivity index (χ1n) is 3.11. The molecule has 0 amide bonds. The first-order chi connectivity index (χ1) is 4.84. The summed E-state index contributed by atoms with van der Waals surface area (Å²) in [5, 5.41) is 0. The van der Waals surface area contributed by atoms with E-state index < -0.39 is 0 Å². The van der Waals surface area contributed by atoms with Crippen molar-refractivity contribution in [2.75, 3.05) is 0 Å². The van der Waals surface area contributed by atoms with Crippen LogP contribution in [-0.4, -0.2) is 4.98 Å². The van der Waals surface area contributed by atoms with Gasteiger partial charge in [0, 0.05) is 24.9 Å². The summed E-state index contributed by atoms with van der Waals surface area (Å²) in [6.45, 7) is 8.63. The Kier molecular flexibility index (Phi) is 2.01. The molecule has 1 aromatic rings. The average molecular weight is 132 g/mol. The molecule has 10 heavy (non-hydrogen) atoms. The van der Waals surface area contributed by atoms with Crippen LogP contribution in [0.5, 0.6) is 0 Å². The van der Waals surface area contributed by atoms with Crippen molar-refractivity contribution in [3.63, 3.8) is 0 Å². The lowest BCUT2D eigenvalue weighted by molar-refractivity contribution is 0.955. The van der Waals surface area contributed by atoms with Crippen molar-refractivity contribution in [2.45, 2.75) is 13.0 Å². The molecule has 0 aliphatic rings. The Morgan fingerprint density at radius 1 is 1.50 bits per heavy atom. The minimum Gasteiger partial charge on any atom is -0.309 e. The second kappa shape index (κ2) is 2.98. The van der Waals surface area contributed by atoms with Crippen molar-refractivity contribution in [3.05, 3.63) is 41.5 Å². The second-order valence-electron chi connectivity index (χ2n) is 2.09. The Morgan fingerprint density at radius 3 is 2.60 bits per heavy atom. The van der Waals surface area contributed by atoms with Crippen LogP contribution in [0.3, 0.4) is 0 Å². The van der Waals surface area contributed by atoms with Crippen molar-refractivity contribution in [2.24, 2.45) is 0 Å². The van der Waals surface area contributed by atoms with Gasteiger partial charge in [-0.25, -0.2) is 6.57 Å². The summed E-state index contributed by atoms with van der Waals surface area (Å²) < 4.78 is 0. The Balaban J connectivity index is 2.88. The summed E-state index contributed by atoms with van der Waals surface area (Å²) in [6, 6.07) is 3.69. The van der Waals surface area contributed by atoms with Gasteiger partial charge in [0.1, 0.15) is 0 Å². The van der Waals surface area contributed by atoms with E-state index in [0.29, 0.717) is 0 Å². The van der Waals surface area contributed by atoms with Gasteiger partial charge in [-0.3, -0.25) is 4.98 Å². The monoisotopic (exact) mass is 132 g/mol. The highest BCUT2D eigenvalue weighted by atomic mass is 14.7. The van der Waals surface area contributed by atoms with Crippen LogP contribution in [0.15, 0.2) is 24.5 Å². The number of nitrogens with zero attached hydrogens (tertiary/aromatic N) is 2. The van der Waals surface area contributed by atoms with Gasteiger partial charge in [-0.2, -0.15) is 0 Å². The Hall–Kier alpha value is -1.36. The first kappa shape index (κ1) is 6.76. The van der Waals surface area contributed by atoms with Crippen LogP contribution < -0.4 is 0 Å². The third-order valence-electron chi connectivity index (χ3n) is 1.38. The normalized spacial score (nSPS) is 12.0. The molecule has 0 unspecified atom stereocenters. The molecule has 0 spiro atoms. The lowest BCUT2D eigenvalue weighted by atomic mass is 10.1. The van der Waals surface area contributed by atoms with E-state index in [4.69, 9.17) is 6.57 Å². The summed E-state index contributed by atoms with van der Waals surface area (Å²) in [4.78, 5) is 7.24. The largest absolute Gasteiger partial charge is 0.309 e. The van der Waals surface area contributed by atoms with Gasteiger partial charge < -0.3 is 4.85 Å². The van der Waals surface area contributed by atoms with Gasteiger partial charge in [-0.15, -0.1) is 0 Å². The molecule has 0 fully saturated rings. The Morgan fingerprint density at radius 2 is 2.10 bits per heavy atom. The average Bonchev–Trinajstić information content (AvgIpc) is 2.05. The van der Waals surface area contributed by atoms with E-state index >= 15 is 0 Å². The highest BCUT2D eigenvalue weighted by molar-refractivity contribution is 5.16. The summed E-state index contributed by atoms with van der Waals surface area (Å²) in [5.74, 6) is 0. The minimum absolute atomic E-state index is 0.0389. The predicted octanol–water partition coefficient (Wildman–Crippen LogP) is 2.06. The smallest absolute Gasteiger partial charge is 0.246 e. The number of rotatable bonds is 1. The SMILES string of the molecule is [C-]#[N+][C@H](C)c1ccncc1. The zero-order valence-electron chi connectivity index (χ0n) is 5.78. The van der Waals surface area contributed by atoms with E-state index in [1.54, 1.807) is 12.4 Å². The highest BCUT2D eigenvalue weighted by Crippen LogP contribution is 2.13. The van der Waals surface area contributed by atoms with Crippen LogP contribution >= 0.6 is 0 Å². The molecule has 50 valence electrons. The minimum atomic E-state index is -0.0389. The molecule has 2 heteroatoms. The van der Waals surface area contributed by atoms with Crippen molar-refractivity contribution in [1.29, 1.82) is 0 Å². The summed E-state index contributed by atoms with van der Waals surface area (Å²) in [5.41, 5.74) is 1.03. The van der Waals surface area contributed by atoms with E-state index in [-0.39, 0.29) is 6.04 Å². The van der Waals surface area contributed by atoms with E-state index in [2.05, 4.69) is 9.83 Å². The van der Waals surface area contributed by atoms with Gasteiger partial charge in [0.2, 0.25) is 6.04 Å². The van der Waals surface area contributed by atoms with Crippen LogP contribution in [0.25, 0.3) is 4.85 Å². The third-order valence-corrected chi connectivity index (χ3v) is 1.38. The highest BCUT2D eigenvalue weighted by Gasteiger charge is 2.05. The van der Waals surface area contributed by atoms with Crippen molar-refractivity contribution in [1.82, 2.24) is 4.98 Å². The van der Waals surface area contributed by atoms with Gasteiger partial charge in [0.05, 0.1) is 0 Å². The zero-order valence-corrected chi connectivity index (χ0v) is 5.78. The molecule has 0 N–H and O–H groups in total. The number of aromatic nitrogens is 1. The standard InChI is InChI=1S/C8H8N2/c1-7(9-2)8-3-5-10-6-4-8/h3-7H,1H3/t7-/m1/s1. The number of hydrogen-bond acceptors (Lipinski definition) is 1. The second-order valence-corrected chi connectivity index (χ2v) is 2.09. The number of pyridine rings is 1. The van der Waals surface area contributed by atoms with Crippen molar-refractivity contribution in [3.8, 4) is 0 Å². The first-order valence-corrected chi connectivity index (χ1v) is 3.11. The van der Waals surface area contributed by atoms with Crippen LogP contribution in [0.1, 0.15) is 18.5 Å². The maximum absolute atomic E-state index is 6.75. The predicted molar refractivity (Wildman–Crippen MR) is 39.3 cm³/mol. The molecular weight excluding hydrogens is 124 g/mol. The molecule has 0 aliphatic carbocycles. The molecule has 1 rings (SSSR count). The van der Waals surface area contributed by atoms with Gasteiger partial charge in [0.25, 0.3) is 0 Å². The van der Waals surface area contributed by atoms with E-state index in [1.165, 1.54) is 0 Å². The van der Waals surface area contributed by atoms with Gasteiger partial charge >= 0.3 is 0 Å². The van der Waals surface area contributed by atoms with Gasteiger partial charge in [0.15, 0.2) is 0 Å². The molecule has 0 saturated heterocycles. The fourth-order valence-electron chi connectivity index (χ4n) is 0.716. The lowest BCUT2D eigenvalue weighted by Crippen LogP contribution is -1.85. The molecule has 1 aromatic heterocycles. The third kappa shape index (κ3) is 1.32. The molecule has 0 bridgehead atoms. The topological polar surface area (TPSA) is 17.2 Å². The number of hydrogen-bond donors (Lipinski definition) is 0. The van der Waals surface area contributed by atoms with E-state index in [0.717, 1.165) is 5.56 Å². The molecule has 1 heterocycles. The zero-order chi connectivity index (χ0) is 7.40. The molecule has 1 atom stereocenters. The maximum atomic E-state index is 6.75. The molecule has 0 aliphatic heterocycles. The summed E-state index contributed by atoms with van der Waals surface area (Å²) in [6.07, 6.45) is 3.41. The van der Waals surface area contributed by atoms with Gasteiger partial charge in [-0.1, -0.05) is 0 Å².